The summed E-state index contributed by atoms with van der Waals surface area (Å²) in [4.78, 5) is 3.88. The Kier molecular flexibility index (Phi) is 2.91. The van der Waals surface area contributed by atoms with Crippen molar-refractivity contribution in [1.29, 1.82) is 0 Å². The first-order valence-corrected chi connectivity index (χ1v) is 6.21. The maximum Gasteiger partial charge on any atom is 0.151 e. The van der Waals surface area contributed by atoms with Crippen molar-refractivity contribution in [3.8, 4) is 0 Å². The molecule has 0 aliphatic carbocycles. The highest BCUT2D eigenvalue weighted by molar-refractivity contribution is 5.65. The molecule has 1 fully saturated rings. The van der Waals surface area contributed by atoms with E-state index < -0.39 is 23.9 Å². The predicted octanol–water partition coefficient (Wildman–Crippen LogP) is -1.14. The molecule has 0 amide bonds. The average molecular weight is 280 g/mol. The number of nitrogens with zero attached hydrogens (tertiary/aromatic N) is 3. The molecule has 0 aromatic carbocycles. The Morgan fingerprint density at radius 1 is 1.50 bits per heavy atom. The second kappa shape index (κ2) is 4.38. The smallest absolute Gasteiger partial charge is 0.151 e. The number of ether oxygens (including phenoxy) is 1. The maximum atomic E-state index is 10.5. The Hall–Kier alpha value is -1.74. The second-order valence-electron chi connectivity index (χ2n) is 5.11. The SMILES string of the molecule is CC1(O)C(O)[C@@H](CO)O[C@H]1c1ccc2c(N)ncnn12. The first kappa shape index (κ1) is 13.3. The van der Waals surface area contributed by atoms with Crippen LogP contribution in [0.4, 0.5) is 5.82 Å². The number of aromatic nitrogens is 3. The van der Waals surface area contributed by atoms with Crippen LogP contribution in [0.25, 0.3) is 5.52 Å². The number of hydrogen-bond donors (Lipinski definition) is 4. The molecule has 1 saturated heterocycles. The number of nitrogens with two attached hydrogens (primary N) is 1. The van der Waals surface area contributed by atoms with E-state index >= 15 is 0 Å². The van der Waals surface area contributed by atoms with Gasteiger partial charge in [0.05, 0.1) is 12.3 Å². The number of anilines is 1. The normalized spacial score (nSPS) is 33.9. The van der Waals surface area contributed by atoms with Crippen molar-refractivity contribution < 1.29 is 20.1 Å². The standard InChI is InChI=1S/C12H16N4O4/c1-12(19)9(18)8(4-17)20-10(12)6-2-3-7-11(13)14-5-15-16(6)7/h2-3,5,8-10,17-19H,4H2,1H3,(H2,13,14,15)/t8-,9?,10+,12?/m1/s1. The second-order valence-corrected chi connectivity index (χ2v) is 5.11. The highest BCUT2D eigenvalue weighted by Gasteiger charge is 2.53. The van der Waals surface area contributed by atoms with Crippen LogP contribution in [0.3, 0.4) is 0 Å². The Morgan fingerprint density at radius 2 is 2.25 bits per heavy atom. The van der Waals surface area contributed by atoms with Crippen LogP contribution in [0.1, 0.15) is 18.7 Å². The van der Waals surface area contributed by atoms with E-state index in [1.807, 2.05) is 0 Å². The zero-order chi connectivity index (χ0) is 14.5. The first-order chi connectivity index (χ1) is 9.46. The van der Waals surface area contributed by atoms with Crippen molar-refractivity contribution in [2.45, 2.75) is 30.8 Å². The molecule has 5 N–H and O–H groups in total. The first-order valence-electron chi connectivity index (χ1n) is 6.21. The summed E-state index contributed by atoms with van der Waals surface area (Å²) < 4.78 is 7.07. The third-order valence-electron chi connectivity index (χ3n) is 3.75. The summed E-state index contributed by atoms with van der Waals surface area (Å²) in [6, 6.07) is 3.41. The largest absolute Gasteiger partial charge is 0.394 e. The Morgan fingerprint density at radius 3 is 2.90 bits per heavy atom. The van der Waals surface area contributed by atoms with Crippen LogP contribution in [0.2, 0.25) is 0 Å². The third kappa shape index (κ3) is 1.70. The van der Waals surface area contributed by atoms with E-state index in [0.717, 1.165) is 0 Å². The maximum absolute atomic E-state index is 10.5. The minimum absolute atomic E-state index is 0.308. The van der Waals surface area contributed by atoms with E-state index in [2.05, 4.69) is 10.1 Å². The quantitative estimate of drug-likeness (QED) is 0.547. The monoisotopic (exact) mass is 280 g/mol. The summed E-state index contributed by atoms with van der Waals surface area (Å²) in [6.07, 6.45) is -1.57. The lowest BCUT2D eigenvalue weighted by Gasteiger charge is -2.26. The van der Waals surface area contributed by atoms with Gasteiger partial charge in [0.25, 0.3) is 0 Å². The van der Waals surface area contributed by atoms with Crippen molar-refractivity contribution in [1.82, 2.24) is 14.6 Å². The number of rotatable bonds is 2. The van der Waals surface area contributed by atoms with Gasteiger partial charge >= 0.3 is 0 Å². The number of fused-ring (bicyclic) bond motifs is 1. The van der Waals surface area contributed by atoms with Crippen molar-refractivity contribution in [3.05, 3.63) is 24.2 Å². The molecule has 2 unspecified atom stereocenters. The van der Waals surface area contributed by atoms with Gasteiger partial charge < -0.3 is 25.8 Å². The van der Waals surface area contributed by atoms with Gasteiger partial charge in [-0.15, -0.1) is 0 Å². The highest BCUT2D eigenvalue weighted by Crippen LogP contribution is 2.41. The van der Waals surface area contributed by atoms with Gasteiger partial charge in [-0.05, 0) is 19.1 Å². The van der Waals surface area contributed by atoms with Crippen LogP contribution in [-0.4, -0.2) is 54.3 Å². The third-order valence-corrected chi connectivity index (χ3v) is 3.75. The van der Waals surface area contributed by atoms with E-state index in [1.54, 1.807) is 12.1 Å². The van der Waals surface area contributed by atoms with Gasteiger partial charge in [-0.3, -0.25) is 0 Å². The fourth-order valence-electron chi connectivity index (χ4n) is 2.60. The molecule has 0 bridgehead atoms. The Bertz CT molecular complexity index is 641. The number of nitrogen functional groups attached to an aromatic ring is 1. The topological polar surface area (TPSA) is 126 Å². The molecule has 2 aromatic rings. The zero-order valence-corrected chi connectivity index (χ0v) is 10.8. The Labute approximate surface area is 114 Å². The molecular formula is C12H16N4O4. The van der Waals surface area contributed by atoms with Crippen LogP contribution < -0.4 is 5.73 Å². The molecule has 3 heterocycles. The van der Waals surface area contributed by atoms with E-state index in [4.69, 9.17) is 10.5 Å². The van der Waals surface area contributed by atoms with E-state index in [9.17, 15) is 15.3 Å². The minimum atomic E-state index is -1.54. The predicted molar refractivity (Wildman–Crippen MR) is 68.7 cm³/mol. The van der Waals surface area contributed by atoms with Crippen LogP contribution in [-0.2, 0) is 4.74 Å². The molecule has 8 heteroatoms. The van der Waals surface area contributed by atoms with E-state index in [0.29, 0.717) is 17.0 Å². The van der Waals surface area contributed by atoms with Crippen molar-refractivity contribution in [2.24, 2.45) is 0 Å². The van der Waals surface area contributed by atoms with E-state index in [1.165, 1.54) is 17.8 Å². The fraction of sp³-hybridized carbons (Fsp3) is 0.500. The summed E-state index contributed by atoms with van der Waals surface area (Å²) in [5, 5.41) is 33.7. The molecule has 1 aliphatic rings. The van der Waals surface area contributed by atoms with Crippen LogP contribution in [0, 0.1) is 0 Å². The van der Waals surface area contributed by atoms with Gasteiger partial charge in [-0.25, -0.2) is 9.50 Å². The summed E-state index contributed by atoms with van der Waals surface area (Å²) in [7, 11) is 0. The fourth-order valence-corrected chi connectivity index (χ4v) is 2.60. The average Bonchev–Trinajstić information content (AvgIpc) is 2.92. The zero-order valence-electron chi connectivity index (χ0n) is 10.8. The minimum Gasteiger partial charge on any atom is -0.394 e. The summed E-state index contributed by atoms with van der Waals surface area (Å²) in [5.41, 5.74) is 5.33. The lowest BCUT2D eigenvalue weighted by molar-refractivity contribution is -0.0664. The van der Waals surface area contributed by atoms with Gasteiger partial charge in [0.2, 0.25) is 0 Å². The lowest BCUT2D eigenvalue weighted by Crippen LogP contribution is -2.43. The van der Waals surface area contributed by atoms with Crippen molar-refractivity contribution in [2.75, 3.05) is 12.3 Å². The molecule has 108 valence electrons. The summed E-state index contributed by atoms with van der Waals surface area (Å²) in [6.45, 7) is 1.08. The van der Waals surface area contributed by atoms with Crippen molar-refractivity contribution in [3.63, 3.8) is 0 Å². The van der Waals surface area contributed by atoms with Crippen LogP contribution >= 0.6 is 0 Å². The van der Waals surface area contributed by atoms with Gasteiger partial charge in [0.1, 0.15) is 35.8 Å². The lowest BCUT2D eigenvalue weighted by atomic mass is 9.91. The molecule has 20 heavy (non-hydrogen) atoms. The molecule has 0 spiro atoms. The molecule has 8 nitrogen and oxygen atoms in total. The molecular weight excluding hydrogens is 264 g/mol. The number of aliphatic hydroxyl groups excluding tert-OH is 2. The van der Waals surface area contributed by atoms with Crippen LogP contribution in [0.15, 0.2) is 18.5 Å². The van der Waals surface area contributed by atoms with E-state index in [-0.39, 0.29) is 6.61 Å². The molecule has 1 aliphatic heterocycles. The summed E-state index contributed by atoms with van der Waals surface area (Å²) in [5.74, 6) is 0.308. The summed E-state index contributed by atoms with van der Waals surface area (Å²) >= 11 is 0. The van der Waals surface area contributed by atoms with Gasteiger partial charge in [-0.1, -0.05) is 0 Å². The Balaban J connectivity index is 2.10. The highest BCUT2D eigenvalue weighted by atomic mass is 16.6. The molecule has 3 rings (SSSR count). The molecule has 2 aromatic heterocycles. The number of aliphatic hydroxyl groups is 3. The number of hydrogen-bond acceptors (Lipinski definition) is 7. The van der Waals surface area contributed by atoms with Crippen LogP contribution in [0.5, 0.6) is 0 Å². The molecule has 0 radical (unpaired) electrons. The molecule has 4 atom stereocenters. The van der Waals surface area contributed by atoms with Gasteiger partial charge in [-0.2, -0.15) is 5.10 Å². The molecule has 0 saturated carbocycles. The van der Waals surface area contributed by atoms with Gasteiger partial charge in [0.15, 0.2) is 5.82 Å². The van der Waals surface area contributed by atoms with Crippen molar-refractivity contribution >= 4 is 11.3 Å². The van der Waals surface area contributed by atoms with Gasteiger partial charge in [0, 0.05) is 0 Å².